The topological polar surface area (TPSA) is 116 Å². The Balaban J connectivity index is 0.00000408. The average molecular weight is 532 g/mol. The number of methoxy groups -OCH3 is 1. The number of nitrogens with zero attached hydrogens (tertiary/aromatic N) is 1. The molecule has 1 fully saturated rings. The van der Waals surface area contributed by atoms with E-state index in [1.807, 2.05) is 0 Å². The van der Waals surface area contributed by atoms with Gasteiger partial charge in [-0.15, -0.1) is 6.54 Å². The molecule has 0 atom stereocenters. The van der Waals surface area contributed by atoms with Gasteiger partial charge in [0.15, 0.2) is 0 Å². The Bertz CT molecular complexity index is 1090. The Labute approximate surface area is 248 Å². The Morgan fingerprint density at radius 1 is 1.09 bits per heavy atom. The molecule has 8 nitrogen and oxygen atoms in total. The molecule has 2 aromatic rings. The number of sulfonamides is 1. The molecule has 1 saturated carbocycles. The number of carbonyl (C=O) groups excluding carboxylic acids is 2. The van der Waals surface area contributed by atoms with Crippen LogP contribution >= 0.6 is 11.6 Å². The monoisotopic (exact) mass is 531 g/mol. The third-order valence-electron chi connectivity index (χ3n) is 5.45. The fourth-order valence-electron chi connectivity index (χ4n) is 3.70. The molecule has 0 aliphatic heterocycles. The summed E-state index contributed by atoms with van der Waals surface area (Å²) in [5.74, 6) is -0.0514. The third-order valence-corrected chi connectivity index (χ3v) is 7.03. The van der Waals surface area contributed by atoms with Crippen LogP contribution < -0.4 is 66.2 Å². The number of benzene rings is 2. The fraction of sp³-hybridized carbons (Fsp3) is 0.391. The van der Waals surface area contributed by atoms with E-state index in [1.165, 1.54) is 25.3 Å². The maximum absolute atomic E-state index is 12.5. The van der Waals surface area contributed by atoms with Crippen molar-refractivity contribution in [3.8, 4) is 5.75 Å². The smallest absolute Gasteiger partial charge is 0.649 e. The summed E-state index contributed by atoms with van der Waals surface area (Å²) in [6.07, 6.45) is 5.36. The first-order valence-corrected chi connectivity index (χ1v) is 12.6. The molecule has 0 heterocycles. The SMILES string of the molecule is COc1ccc(Cl)cc1C(=O)[N-]CCc1ccc(S(=O)(=O)NC(=O)NC2CCCCC2)cc1.[K+]. The van der Waals surface area contributed by atoms with Gasteiger partial charge in [0.05, 0.1) is 17.9 Å². The van der Waals surface area contributed by atoms with Crippen LogP contribution in [0.1, 0.15) is 48.0 Å². The number of carbonyl (C=O) groups is 2. The van der Waals surface area contributed by atoms with Crippen LogP contribution in [0, 0.1) is 0 Å². The van der Waals surface area contributed by atoms with Crippen molar-refractivity contribution in [2.75, 3.05) is 13.7 Å². The van der Waals surface area contributed by atoms with Gasteiger partial charge in [0.2, 0.25) is 0 Å². The van der Waals surface area contributed by atoms with Gasteiger partial charge in [-0.1, -0.05) is 43.0 Å². The predicted molar refractivity (Wildman–Crippen MR) is 126 cm³/mol. The second-order valence-electron chi connectivity index (χ2n) is 7.84. The van der Waals surface area contributed by atoms with Gasteiger partial charge >= 0.3 is 57.4 Å². The van der Waals surface area contributed by atoms with E-state index in [2.05, 4.69) is 15.4 Å². The minimum atomic E-state index is -3.97. The molecule has 34 heavy (non-hydrogen) atoms. The summed E-state index contributed by atoms with van der Waals surface area (Å²) >= 11 is 5.95. The van der Waals surface area contributed by atoms with Crippen molar-refractivity contribution < 1.29 is 74.1 Å². The molecule has 178 valence electrons. The van der Waals surface area contributed by atoms with E-state index in [1.54, 1.807) is 24.3 Å². The second kappa shape index (κ2) is 13.8. The number of halogens is 1. The molecule has 0 spiro atoms. The standard InChI is InChI=1S/C23H28ClN3O5S.K/c1-32-21-12-9-17(24)15-20(21)22(28)25-14-13-16-7-10-19(11-8-16)33(30,31)27-23(29)26-18-5-3-2-4-6-18;/h7-12,15,18H,2-6,13-14H2,1H3,(H3,25,26,27,28,29);/q;+1/p-1. The third kappa shape index (κ3) is 8.51. The summed E-state index contributed by atoms with van der Waals surface area (Å²) < 4.78 is 32.2. The summed E-state index contributed by atoms with van der Waals surface area (Å²) in [6.45, 7) is 0.211. The van der Waals surface area contributed by atoms with Gasteiger partial charge in [-0.2, -0.15) is 0 Å². The van der Waals surface area contributed by atoms with Crippen LogP contribution in [-0.4, -0.2) is 40.1 Å². The van der Waals surface area contributed by atoms with Gasteiger partial charge in [-0.3, -0.25) is 0 Å². The van der Waals surface area contributed by atoms with Gasteiger partial charge in [0.25, 0.3) is 10.0 Å². The first-order valence-electron chi connectivity index (χ1n) is 10.8. The number of rotatable bonds is 8. The molecule has 0 saturated heterocycles. The molecular weight excluding hydrogens is 505 g/mol. The minimum Gasteiger partial charge on any atom is -0.649 e. The average Bonchev–Trinajstić information content (AvgIpc) is 2.79. The first kappa shape index (κ1) is 29.1. The first-order chi connectivity index (χ1) is 15.8. The van der Waals surface area contributed by atoms with Gasteiger partial charge in [0, 0.05) is 16.6 Å². The van der Waals surface area contributed by atoms with Gasteiger partial charge in [-0.05, 0) is 55.2 Å². The second-order valence-corrected chi connectivity index (χ2v) is 9.96. The van der Waals surface area contributed by atoms with E-state index in [4.69, 9.17) is 16.3 Å². The van der Waals surface area contributed by atoms with Crippen LogP contribution in [0.5, 0.6) is 5.75 Å². The number of amides is 3. The zero-order chi connectivity index (χ0) is 23.8. The molecular formula is C23H27ClKN3O5S. The summed E-state index contributed by atoms with van der Waals surface area (Å²) in [6, 6.07) is 10.1. The summed E-state index contributed by atoms with van der Waals surface area (Å²) in [5, 5.41) is 7.18. The molecule has 0 bridgehead atoms. The minimum absolute atomic E-state index is 0. The van der Waals surface area contributed by atoms with Crippen molar-refractivity contribution in [3.63, 3.8) is 0 Å². The van der Waals surface area contributed by atoms with E-state index in [0.29, 0.717) is 17.2 Å². The molecule has 3 rings (SSSR count). The van der Waals surface area contributed by atoms with Gasteiger partial charge < -0.3 is 20.2 Å². The number of hydrogen-bond donors (Lipinski definition) is 2. The Morgan fingerprint density at radius 3 is 2.41 bits per heavy atom. The molecule has 0 aromatic heterocycles. The number of ether oxygens (including phenoxy) is 1. The maximum Gasteiger partial charge on any atom is 1.00 e. The number of nitrogens with one attached hydrogen (secondary N) is 2. The van der Waals surface area contributed by atoms with Crippen molar-refractivity contribution in [1.82, 2.24) is 10.0 Å². The maximum atomic E-state index is 12.5. The van der Waals surface area contributed by atoms with Gasteiger partial charge in [0.1, 0.15) is 5.75 Å². The predicted octanol–water partition coefficient (Wildman–Crippen LogP) is 1.43. The molecule has 1 aliphatic carbocycles. The molecule has 0 unspecified atom stereocenters. The van der Waals surface area contributed by atoms with Crippen molar-refractivity contribution >= 4 is 33.6 Å². The van der Waals surface area contributed by atoms with Crippen LogP contribution in [0.15, 0.2) is 47.4 Å². The van der Waals surface area contributed by atoms with E-state index in [-0.39, 0.29) is 74.4 Å². The zero-order valence-electron chi connectivity index (χ0n) is 19.3. The molecule has 3 amide bonds. The van der Waals surface area contributed by atoms with Crippen LogP contribution in [0.2, 0.25) is 5.02 Å². The zero-order valence-corrected chi connectivity index (χ0v) is 24.0. The van der Waals surface area contributed by atoms with Crippen molar-refractivity contribution in [2.45, 2.75) is 49.5 Å². The number of urea groups is 1. The Morgan fingerprint density at radius 2 is 1.76 bits per heavy atom. The largest absolute Gasteiger partial charge is 1.00 e. The fourth-order valence-corrected chi connectivity index (χ4v) is 4.78. The molecule has 11 heteroatoms. The van der Waals surface area contributed by atoms with E-state index in [9.17, 15) is 18.0 Å². The quantitative estimate of drug-likeness (QED) is 0.500. The number of hydrogen-bond acceptors (Lipinski definition) is 5. The molecule has 2 N–H and O–H groups in total. The summed E-state index contributed by atoms with van der Waals surface area (Å²) in [7, 11) is -2.51. The van der Waals surface area contributed by atoms with Crippen molar-refractivity contribution in [1.29, 1.82) is 0 Å². The Kier molecular flexibility index (Phi) is 11.8. The van der Waals surface area contributed by atoms with E-state index >= 15 is 0 Å². The van der Waals surface area contributed by atoms with Crippen molar-refractivity contribution in [3.05, 3.63) is 63.9 Å². The van der Waals surface area contributed by atoms with E-state index < -0.39 is 22.0 Å². The normalized spacial score (nSPS) is 13.9. The van der Waals surface area contributed by atoms with Crippen molar-refractivity contribution in [2.24, 2.45) is 0 Å². The summed E-state index contributed by atoms with van der Waals surface area (Å²) in [5.41, 5.74) is 1.08. The molecule has 2 aromatic carbocycles. The van der Waals surface area contributed by atoms with Crippen LogP contribution in [-0.2, 0) is 16.4 Å². The van der Waals surface area contributed by atoms with Crippen LogP contribution in [0.3, 0.4) is 0 Å². The van der Waals surface area contributed by atoms with Crippen LogP contribution in [0.25, 0.3) is 5.32 Å². The van der Waals surface area contributed by atoms with Gasteiger partial charge in [-0.25, -0.2) is 17.9 Å². The van der Waals surface area contributed by atoms with Crippen LogP contribution in [0.4, 0.5) is 4.79 Å². The molecule has 0 radical (unpaired) electrons. The molecule has 1 aliphatic rings. The summed E-state index contributed by atoms with van der Waals surface area (Å²) in [4.78, 5) is 24.4. The Hall–Kier alpha value is -1.14. The van der Waals surface area contributed by atoms with E-state index in [0.717, 1.165) is 37.7 Å².